The van der Waals surface area contributed by atoms with Gasteiger partial charge in [0.1, 0.15) is 0 Å². The highest BCUT2D eigenvalue weighted by atomic mass is 35.5. The van der Waals surface area contributed by atoms with E-state index in [1.54, 1.807) is 6.07 Å². The van der Waals surface area contributed by atoms with Gasteiger partial charge in [0.05, 0.1) is 18.2 Å². The van der Waals surface area contributed by atoms with Crippen molar-refractivity contribution in [1.82, 2.24) is 4.98 Å². The summed E-state index contributed by atoms with van der Waals surface area (Å²) >= 11 is 6.10. The number of nitrogens with zero attached hydrogens (tertiary/aromatic N) is 1. The van der Waals surface area contributed by atoms with Crippen LogP contribution < -0.4 is 0 Å². The number of pyridine rings is 1. The summed E-state index contributed by atoms with van der Waals surface area (Å²) in [5.74, 6) is -0.305. The number of ether oxygens (including phenoxy) is 1. The summed E-state index contributed by atoms with van der Waals surface area (Å²) in [6, 6.07) is 26.0. The fraction of sp³-hybridized carbons (Fsp3) is 0.143. The fourth-order valence-electron chi connectivity index (χ4n) is 3.73. The van der Waals surface area contributed by atoms with Gasteiger partial charge in [0, 0.05) is 16.1 Å². The van der Waals surface area contributed by atoms with Crippen LogP contribution in [0.25, 0.3) is 17.0 Å². The largest absolute Gasteiger partial charge is 0.465 e. The van der Waals surface area contributed by atoms with Gasteiger partial charge in [-0.1, -0.05) is 78.4 Å². The Bertz CT molecular complexity index is 1280. The molecule has 0 aliphatic rings. The number of fused-ring (bicyclic) bond motifs is 1. The summed E-state index contributed by atoms with van der Waals surface area (Å²) < 4.78 is 4.88. The number of carbonyl (C=O) groups is 1. The van der Waals surface area contributed by atoms with E-state index in [2.05, 4.69) is 48.6 Å². The second-order valence-corrected chi connectivity index (χ2v) is 8.08. The minimum atomic E-state index is -0.305. The Morgan fingerprint density at radius 3 is 2.69 bits per heavy atom. The Morgan fingerprint density at radius 2 is 1.81 bits per heavy atom. The Hall–Kier alpha value is -3.43. The fourth-order valence-corrected chi connectivity index (χ4v) is 3.89. The minimum Gasteiger partial charge on any atom is -0.465 e. The number of methoxy groups -OCH3 is 1. The van der Waals surface area contributed by atoms with E-state index in [4.69, 9.17) is 21.3 Å². The Morgan fingerprint density at radius 1 is 0.969 bits per heavy atom. The highest BCUT2D eigenvalue weighted by Gasteiger charge is 2.09. The third-order valence-corrected chi connectivity index (χ3v) is 5.64. The summed E-state index contributed by atoms with van der Waals surface area (Å²) in [5, 5.41) is 1.80. The first-order valence-electron chi connectivity index (χ1n) is 10.6. The van der Waals surface area contributed by atoms with Gasteiger partial charge in [-0.05, 0) is 60.2 Å². The van der Waals surface area contributed by atoms with E-state index in [1.807, 2.05) is 36.4 Å². The molecule has 3 nitrogen and oxygen atoms in total. The first-order chi connectivity index (χ1) is 15.6. The van der Waals surface area contributed by atoms with Crippen molar-refractivity contribution >= 4 is 34.5 Å². The molecule has 0 amide bonds. The summed E-state index contributed by atoms with van der Waals surface area (Å²) in [4.78, 5) is 16.7. The molecule has 32 heavy (non-hydrogen) atoms. The van der Waals surface area contributed by atoms with Gasteiger partial charge in [-0.15, -0.1) is 0 Å². The van der Waals surface area contributed by atoms with Crippen LogP contribution >= 0.6 is 11.6 Å². The van der Waals surface area contributed by atoms with Crippen molar-refractivity contribution in [3.05, 3.63) is 118 Å². The maximum Gasteiger partial charge on any atom is 0.338 e. The van der Waals surface area contributed by atoms with Gasteiger partial charge in [0.25, 0.3) is 0 Å². The molecule has 0 N–H and O–H groups in total. The number of rotatable bonds is 7. The smallest absolute Gasteiger partial charge is 0.338 e. The van der Waals surface area contributed by atoms with Crippen molar-refractivity contribution in [2.45, 2.75) is 19.3 Å². The van der Waals surface area contributed by atoms with Crippen molar-refractivity contribution in [2.24, 2.45) is 0 Å². The zero-order valence-electron chi connectivity index (χ0n) is 17.9. The topological polar surface area (TPSA) is 39.2 Å². The van der Waals surface area contributed by atoms with Crippen LogP contribution in [-0.4, -0.2) is 18.1 Å². The number of aryl methyl sites for hydroxylation is 2. The number of halogens is 1. The summed E-state index contributed by atoms with van der Waals surface area (Å²) in [6.45, 7) is 0. The molecule has 0 spiro atoms. The molecule has 0 fully saturated rings. The van der Waals surface area contributed by atoms with E-state index in [-0.39, 0.29) is 5.97 Å². The molecule has 1 heterocycles. The van der Waals surface area contributed by atoms with E-state index in [1.165, 1.54) is 12.7 Å². The number of hydrogen-bond acceptors (Lipinski definition) is 3. The molecule has 4 aromatic rings. The Labute approximate surface area is 193 Å². The maximum atomic E-state index is 11.9. The van der Waals surface area contributed by atoms with Gasteiger partial charge in [-0.3, -0.25) is 4.98 Å². The predicted octanol–water partition coefficient (Wildman–Crippen LogP) is 6.72. The molecule has 160 valence electrons. The highest BCUT2D eigenvalue weighted by Crippen LogP contribution is 2.19. The van der Waals surface area contributed by atoms with Gasteiger partial charge >= 0.3 is 5.97 Å². The lowest BCUT2D eigenvalue weighted by atomic mass is 10.0. The van der Waals surface area contributed by atoms with Crippen molar-refractivity contribution in [1.29, 1.82) is 0 Å². The molecule has 0 saturated heterocycles. The third-order valence-electron chi connectivity index (χ3n) is 5.40. The summed E-state index contributed by atoms with van der Waals surface area (Å²) in [5.41, 5.74) is 5.94. The Kier molecular flexibility index (Phi) is 6.98. The normalized spacial score (nSPS) is 11.2. The van der Waals surface area contributed by atoms with Crippen LogP contribution in [0.2, 0.25) is 5.02 Å². The molecule has 3 aromatic carbocycles. The van der Waals surface area contributed by atoms with Crippen molar-refractivity contribution < 1.29 is 9.53 Å². The van der Waals surface area contributed by atoms with Crippen LogP contribution in [0.5, 0.6) is 0 Å². The van der Waals surface area contributed by atoms with Crippen LogP contribution in [0, 0.1) is 0 Å². The van der Waals surface area contributed by atoms with Crippen molar-refractivity contribution in [3.63, 3.8) is 0 Å². The second kappa shape index (κ2) is 10.3. The molecule has 0 aliphatic heterocycles. The van der Waals surface area contributed by atoms with Crippen LogP contribution in [0.3, 0.4) is 0 Å². The monoisotopic (exact) mass is 441 g/mol. The lowest BCUT2D eigenvalue weighted by Gasteiger charge is -2.06. The molecule has 0 radical (unpaired) electrons. The van der Waals surface area contributed by atoms with E-state index in [0.29, 0.717) is 17.0 Å². The van der Waals surface area contributed by atoms with E-state index < -0.39 is 0 Å². The predicted molar refractivity (Wildman–Crippen MR) is 131 cm³/mol. The second-order valence-electron chi connectivity index (χ2n) is 7.64. The number of esters is 1. The molecular weight excluding hydrogens is 418 g/mol. The molecule has 0 saturated carbocycles. The molecule has 0 aliphatic carbocycles. The van der Waals surface area contributed by atoms with Crippen LogP contribution in [0.15, 0.2) is 84.9 Å². The minimum absolute atomic E-state index is 0.305. The standard InChI is InChI=1S/C28H24ClNO2/c1-32-28(31)26-11-3-2-9-22(26)10-5-8-20-6-4-7-21(18-20)12-16-25-17-14-23-13-15-24(29)19-27(23)30-25/h2-9,11,13-15,17-19H,10,12,16H2,1H3/b8-5+. The summed E-state index contributed by atoms with van der Waals surface area (Å²) in [6.07, 6.45) is 6.61. The maximum absolute atomic E-state index is 11.9. The Balaban J connectivity index is 1.41. The highest BCUT2D eigenvalue weighted by molar-refractivity contribution is 6.31. The molecule has 4 rings (SSSR count). The lowest BCUT2D eigenvalue weighted by Crippen LogP contribution is -2.04. The molecule has 0 unspecified atom stereocenters. The first-order valence-corrected chi connectivity index (χ1v) is 11.0. The summed E-state index contributed by atoms with van der Waals surface area (Å²) in [7, 11) is 1.41. The van der Waals surface area contributed by atoms with Crippen LogP contribution in [0.4, 0.5) is 0 Å². The number of carbonyl (C=O) groups excluding carboxylic acids is 1. The van der Waals surface area contributed by atoms with Crippen molar-refractivity contribution in [2.75, 3.05) is 7.11 Å². The zero-order chi connectivity index (χ0) is 22.3. The van der Waals surface area contributed by atoms with E-state index in [9.17, 15) is 4.79 Å². The average molecular weight is 442 g/mol. The van der Waals surface area contributed by atoms with Gasteiger partial charge in [0.2, 0.25) is 0 Å². The third kappa shape index (κ3) is 5.43. The zero-order valence-corrected chi connectivity index (χ0v) is 18.7. The number of allylic oxidation sites excluding steroid dienone is 1. The molecule has 1 aromatic heterocycles. The van der Waals surface area contributed by atoms with Gasteiger partial charge < -0.3 is 4.74 Å². The van der Waals surface area contributed by atoms with Gasteiger partial charge in [0.15, 0.2) is 0 Å². The van der Waals surface area contributed by atoms with E-state index in [0.717, 1.165) is 40.6 Å². The molecule has 0 atom stereocenters. The van der Waals surface area contributed by atoms with Crippen molar-refractivity contribution in [3.8, 4) is 0 Å². The number of benzene rings is 3. The lowest BCUT2D eigenvalue weighted by molar-refractivity contribution is 0.0599. The number of aromatic nitrogens is 1. The van der Waals surface area contributed by atoms with E-state index >= 15 is 0 Å². The number of hydrogen-bond donors (Lipinski definition) is 0. The van der Waals surface area contributed by atoms with Gasteiger partial charge in [-0.25, -0.2) is 4.79 Å². The molecule has 0 bridgehead atoms. The quantitative estimate of drug-likeness (QED) is 0.299. The SMILES string of the molecule is COC(=O)c1ccccc1C/C=C/c1cccc(CCc2ccc3ccc(Cl)cc3n2)c1. The van der Waals surface area contributed by atoms with Crippen LogP contribution in [-0.2, 0) is 24.0 Å². The first kappa shape index (κ1) is 21.8. The average Bonchev–Trinajstić information content (AvgIpc) is 2.82. The van der Waals surface area contributed by atoms with Gasteiger partial charge in [-0.2, -0.15) is 0 Å². The van der Waals surface area contributed by atoms with Crippen LogP contribution in [0.1, 0.15) is 32.7 Å². The molecular formula is C28H24ClNO2. The molecule has 4 heteroatoms.